The largest absolute Gasteiger partial charge is 0.741 e. The van der Waals surface area contributed by atoms with Gasteiger partial charge in [0.2, 0.25) is 6.33 Å². The molecule has 1 rings (SSSR count). The van der Waals surface area contributed by atoms with Crippen LogP contribution in [0.1, 0.15) is 32.6 Å². The minimum absolute atomic E-state index is 0.149. The van der Waals surface area contributed by atoms with E-state index in [9.17, 15) is 21.6 Å². The lowest BCUT2D eigenvalue weighted by Gasteiger charge is -2.08. The Bertz CT molecular complexity index is 713. The molecule has 0 saturated heterocycles. The van der Waals surface area contributed by atoms with Crippen LogP contribution in [0.4, 0.5) is 13.2 Å². The van der Waals surface area contributed by atoms with Crippen molar-refractivity contribution in [3.63, 3.8) is 0 Å². The fourth-order valence-corrected chi connectivity index (χ4v) is 2.19. The molecular weight excluding hydrogens is 389 g/mol. The normalized spacial score (nSPS) is 12.6. The minimum Gasteiger partial charge on any atom is -0.741 e. The predicted molar refractivity (Wildman–Crippen MR) is 80.9 cm³/mol. The third-order valence-electron chi connectivity index (χ3n) is 2.87. The molecule has 1 N–H and O–H groups in total. The van der Waals surface area contributed by atoms with E-state index in [1.54, 1.807) is 0 Å². The molecule has 0 aliphatic rings. The molecule has 0 fully saturated rings. The van der Waals surface area contributed by atoms with Gasteiger partial charge in [0.05, 0.1) is 18.8 Å². The summed E-state index contributed by atoms with van der Waals surface area (Å²) in [5, 5.41) is 0. The molecule has 25 heavy (non-hydrogen) atoms. The lowest BCUT2D eigenvalue weighted by Crippen LogP contribution is -2.30. The maximum absolute atomic E-state index is 10.7. The molecule has 1 heterocycles. The molecule has 0 aliphatic heterocycles. The van der Waals surface area contributed by atoms with E-state index in [4.69, 9.17) is 17.5 Å². The van der Waals surface area contributed by atoms with Gasteiger partial charge in [0.25, 0.3) is 10.1 Å². The molecular formula is C12H21F3N2O6S2. The van der Waals surface area contributed by atoms with Crippen molar-refractivity contribution in [3.8, 4) is 0 Å². The van der Waals surface area contributed by atoms with Crippen LogP contribution in [0.3, 0.4) is 0 Å². The number of unbranched alkanes of at least 4 members (excludes halogenated alkanes) is 2. The number of nitrogens with zero attached hydrogens (tertiary/aromatic N) is 2. The van der Waals surface area contributed by atoms with Gasteiger partial charge < -0.3 is 4.55 Å². The Hall–Kier alpha value is -1.18. The first-order valence-electron chi connectivity index (χ1n) is 7.28. The van der Waals surface area contributed by atoms with Crippen LogP contribution in [0.15, 0.2) is 18.7 Å². The van der Waals surface area contributed by atoms with E-state index in [-0.39, 0.29) is 5.75 Å². The van der Waals surface area contributed by atoms with Crippen molar-refractivity contribution in [2.75, 3.05) is 5.75 Å². The summed E-state index contributed by atoms with van der Waals surface area (Å²) in [7, 11) is -9.89. The van der Waals surface area contributed by atoms with E-state index in [0.717, 1.165) is 25.9 Å². The van der Waals surface area contributed by atoms with Gasteiger partial charge in [-0.3, -0.25) is 4.55 Å². The predicted octanol–water partition coefficient (Wildman–Crippen LogP) is 1.30. The number of hydrogen-bond acceptors (Lipinski definition) is 5. The van der Waals surface area contributed by atoms with Crippen LogP contribution in [-0.4, -0.2) is 41.8 Å². The molecule has 148 valence electrons. The van der Waals surface area contributed by atoms with Crippen molar-refractivity contribution >= 4 is 20.2 Å². The topological polar surface area (TPSA) is 120 Å². The molecule has 0 aromatic carbocycles. The molecule has 0 saturated carbocycles. The zero-order valence-corrected chi connectivity index (χ0v) is 15.1. The molecule has 1 aromatic rings. The van der Waals surface area contributed by atoms with Crippen LogP contribution in [0.2, 0.25) is 0 Å². The maximum Gasteiger partial charge on any atom is 0.485 e. The van der Waals surface area contributed by atoms with E-state index in [1.165, 1.54) is 6.42 Å². The van der Waals surface area contributed by atoms with E-state index in [1.807, 2.05) is 23.3 Å². The van der Waals surface area contributed by atoms with E-state index < -0.39 is 25.7 Å². The molecule has 13 heteroatoms. The molecule has 0 atom stereocenters. The Morgan fingerprint density at radius 3 is 2.16 bits per heavy atom. The first-order valence-corrected chi connectivity index (χ1v) is 10.3. The Labute approximate surface area is 144 Å². The highest BCUT2D eigenvalue weighted by Gasteiger charge is 2.36. The summed E-state index contributed by atoms with van der Waals surface area (Å²) in [6, 6.07) is 0. The number of aryl methyl sites for hydroxylation is 2. The van der Waals surface area contributed by atoms with Crippen LogP contribution < -0.4 is 4.57 Å². The summed E-state index contributed by atoms with van der Waals surface area (Å²) in [6.07, 6.45) is 9.63. The fraction of sp³-hybridized carbons (Fsp3) is 0.750. The van der Waals surface area contributed by atoms with Crippen molar-refractivity contribution in [3.05, 3.63) is 18.7 Å². The van der Waals surface area contributed by atoms with Crippen LogP contribution in [-0.2, 0) is 33.3 Å². The SMILES string of the molecule is CCCC[n+]1ccn(CCCCS(=O)(=O)O)c1.O=S(=O)([O-])C(F)(F)F. The van der Waals surface area contributed by atoms with Crippen LogP contribution in [0.25, 0.3) is 0 Å². The van der Waals surface area contributed by atoms with Gasteiger partial charge >= 0.3 is 5.51 Å². The number of imidazole rings is 1. The third kappa shape index (κ3) is 11.9. The van der Waals surface area contributed by atoms with Gasteiger partial charge in [-0.15, -0.1) is 0 Å². The molecule has 0 aliphatic carbocycles. The number of rotatable bonds is 8. The first-order chi connectivity index (χ1) is 11.3. The van der Waals surface area contributed by atoms with E-state index in [0.29, 0.717) is 6.42 Å². The Morgan fingerprint density at radius 2 is 1.72 bits per heavy atom. The van der Waals surface area contributed by atoms with Gasteiger partial charge in [0.1, 0.15) is 12.4 Å². The third-order valence-corrected chi connectivity index (χ3v) is 4.24. The van der Waals surface area contributed by atoms with Crippen molar-refractivity contribution in [2.45, 2.75) is 51.2 Å². The molecule has 8 nitrogen and oxygen atoms in total. The average molecular weight is 410 g/mol. The van der Waals surface area contributed by atoms with Gasteiger partial charge in [0.15, 0.2) is 10.1 Å². The quantitative estimate of drug-likeness (QED) is 0.298. The minimum atomic E-state index is -6.09. The van der Waals surface area contributed by atoms with Gasteiger partial charge in [-0.2, -0.15) is 21.6 Å². The van der Waals surface area contributed by atoms with E-state index in [2.05, 4.69) is 11.5 Å². The lowest BCUT2D eigenvalue weighted by molar-refractivity contribution is -0.696. The fourth-order valence-electron chi connectivity index (χ4n) is 1.62. The number of halogens is 3. The lowest BCUT2D eigenvalue weighted by atomic mass is 10.3. The van der Waals surface area contributed by atoms with Gasteiger partial charge in [0, 0.05) is 0 Å². The first kappa shape index (κ1) is 23.8. The zero-order chi connectivity index (χ0) is 19.7. The smallest absolute Gasteiger partial charge is 0.485 e. The number of hydrogen-bond donors (Lipinski definition) is 1. The van der Waals surface area contributed by atoms with Crippen molar-refractivity contribution in [2.24, 2.45) is 0 Å². The van der Waals surface area contributed by atoms with Gasteiger partial charge in [-0.05, 0) is 19.3 Å². The van der Waals surface area contributed by atoms with Crippen LogP contribution in [0, 0.1) is 0 Å². The van der Waals surface area contributed by atoms with Crippen molar-refractivity contribution in [1.82, 2.24) is 4.57 Å². The number of aromatic nitrogens is 2. The summed E-state index contributed by atoms with van der Waals surface area (Å²) >= 11 is 0. The van der Waals surface area contributed by atoms with E-state index >= 15 is 0 Å². The summed E-state index contributed by atoms with van der Waals surface area (Å²) in [5.41, 5.74) is -5.65. The molecule has 0 bridgehead atoms. The van der Waals surface area contributed by atoms with Gasteiger partial charge in [-0.1, -0.05) is 13.3 Å². The number of alkyl halides is 3. The summed E-state index contributed by atoms with van der Waals surface area (Å²) in [5.74, 6) is -0.149. The van der Waals surface area contributed by atoms with Crippen LogP contribution >= 0.6 is 0 Å². The highest BCUT2D eigenvalue weighted by atomic mass is 32.2. The average Bonchev–Trinajstić information content (AvgIpc) is 2.87. The monoisotopic (exact) mass is 410 g/mol. The molecule has 0 unspecified atom stereocenters. The zero-order valence-electron chi connectivity index (χ0n) is 13.5. The Balaban J connectivity index is 0.000000609. The Morgan fingerprint density at radius 1 is 1.16 bits per heavy atom. The highest BCUT2D eigenvalue weighted by Crippen LogP contribution is 2.20. The standard InChI is InChI=1S/C11H20N2O3S.CHF3O3S/c1-2-3-6-12-8-9-13(11-12)7-4-5-10-17(14,15)16;2-1(3,4)8(5,6)7/h8-9,11H,2-7,10H2,1H3;(H,5,6,7). The van der Waals surface area contributed by atoms with Gasteiger partial charge in [-0.25, -0.2) is 17.6 Å². The Kier molecular flexibility index (Phi) is 9.61. The molecule has 0 amide bonds. The summed E-state index contributed by atoms with van der Waals surface area (Å²) in [4.78, 5) is 0. The second-order valence-corrected chi connectivity index (χ2v) is 8.08. The van der Waals surface area contributed by atoms with Crippen molar-refractivity contribution < 1.29 is 43.7 Å². The second kappa shape index (κ2) is 10.1. The second-order valence-electron chi connectivity index (χ2n) is 5.14. The highest BCUT2D eigenvalue weighted by molar-refractivity contribution is 7.86. The maximum atomic E-state index is 10.7. The summed E-state index contributed by atoms with van der Waals surface area (Å²) < 4.78 is 92.7. The van der Waals surface area contributed by atoms with Crippen LogP contribution in [0.5, 0.6) is 0 Å². The molecule has 1 aromatic heterocycles. The molecule has 0 spiro atoms. The molecule has 0 radical (unpaired) electrons. The summed E-state index contributed by atoms with van der Waals surface area (Å²) in [6.45, 7) is 3.97. The van der Waals surface area contributed by atoms with Crippen molar-refractivity contribution in [1.29, 1.82) is 0 Å².